The second kappa shape index (κ2) is 6.00. The summed E-state index contributed by atoms with van der Waals surface area (Å²) in [6.45, 7) is 0.886. The molecule has 0 saturated carbocycles. The number of fused-ring (bicyclic) bond motifs is 2. The van der Waals surface area contributed by atoms with Crippen LogP contribution in [0.4, 0.5) is 5.69 Å². The van der Waals surface area contributed by atoms with Gasteiger partial charge in [0.05, 0.1) is 5.56 Å². The van der Waals surface area contributed by atoms with Gasteiger partial charge in [0.25, 0.3) is 11.8 Å². The first-order valence-corrected chi connectivity index (χ1v) is 8.35. The Hall–Kier alpha value is -3.12. The van der Waals surface area contributed by atoms with Gasteiger partial charge in [0.1, 0.15) is 5.69 Å². The van der Waals surface area contributed by atoms with Crippen molar-refractivity contribution in [3.05, 3.63) is 58.5 Å². The molecule has 3 aromatic rings. The molecule has 0 unspecified atom stereocenters. The van der Waals surface area contributed by atoms with E-state index in [4.69, 9.17) is 0 Å². The lowest BCUT2D eigenvalue weighted by Gasteiger charge is -2.29. The summed E-state index contributed by atoms with van der Waals surface area (Å²) in [4.78, 5) is 40.5. The topological polar surface area (TPSA) is 70.0 Å². The van der Waals surface area contributed by atoms with Gasteiger partial charge in [-0.2, -0.15) is 0 Å². The van der Waals surface area contributed by atoms with E-state index in [-0.39, 0.29) is 17.5 Å². The maximum atomic E-state index is 13.2. The fourth-order valence-electron chi connectivity index (χ4n) is 3.54. The number of carbonyl (C=O) groups is 2. The summed E-state index contributed by atoms with van der Waals surface area (Å²) < 4.78 is 0. The molecule has 0 bridgehead atoms. The molecule has 0 atom stereocenters. The number of benzene rings is 3. The molecule has 0 fully saturated rings. The third kappa shape index (κ3) is 2.30. The Labute approximate surface area is 150 Å². The lowest BCUT2D eigenvalue weighted by atomic mass is 9.89. The van der Waals surface area contributed by atoms with Crippen molar-refractivity contribution >= 4 is 39.0 Å². The minimum atomic E-state index is -0.325. The van der Waals surface area contributed by atoms with E-state index in [2.05, 4.69) is 5.18 Å². The van der Waals surface area contributed by atoms with Crippen LogP contribution in [0.3, 0.4) is 0 Å². The van der Waals surface area contributed by atoms with Gasteiger partial charge in [-0.3, -0.25) is 14.5 Å². The van der Waals surface area contributed by atoms with E-state index in [0.29, 0.717) is 40.4 Å². The summed E-state index contributed by atoms with van der Waals surface area (Å²) in [5.41, 5.74) is 1.27. The van der Waals surface area contributed by atoms with Crippen LogP contribution in [-0.2, 0) is 0 Å². The van der Waals surface area contributed by atoms with Gasteiger partial charge >= 0.3 is 0 Å². The predicted molar refractivity (Wildman–Crippen MR) is 101 cm³/mol. The molecule has 0 aliphatic carbocycles. The Kier molecular flexibility index (Phi) is 3.77. The SMILES string of the molecule is CN(C)CCN1C(=O)c2cccc3cc4c(N=O)cccc4c(c23)C1=O. The van der Waals surface area contributed by atoms with Gasteiger partial charge in [-0.05, 0) is 48.2 Å². The molecule has 3 aromatic carbocycles. The first-order chi connectivity index (χ1) is 12.5. The van der Waals surface area contributed by atoms with E-state index in [1.165, 1.54) is 4.90 Å². The van der Waals surface area contributed by atoms with Crippen molar-refractivity contribution in [2.75, 3.05) is 27.2 Å². The largest absolute Gasteiger partial charge is 0.308 e. The lowest BCUT2D eigenvalue weighted by Crippen LogP contribution is -2.43. The van der Waals surface area contributed by atoms with Crippen LogP contribution in [0.25, 0.3) is 21.5 Å². The zero-order chi connectivity index (χ0) is 18.4. The number of rotatable bonds is 4. The number of likely N-dealkylation sites (N-methyl/N-ethyl adjacent to an activating group) is 1. The van der Waals surface area contributed by atoms with E-state index in [9.17, 15) is 14.5 Å². The highest BCUT2D eigenvalue weighted by molar-refractivity contribution is 6.31. The van der Waals surface area contributed by atoms with Crippen LogP contribution in [-0.4, -0.2) is 48.8 Å². The van der Waals surface area contributed by atoms with Gasteiger partial charge in [0.15, 0.2) is 0 Å². The Morgan fingerprint density at radius 3 is 2.50 bits per heavy atom. The highest BCUT2D eigenvalue weighted by atomic mass is 16.3. The molecule has 1 aliphatic heterocycles. The maximum absolute atomic E-state index is 13.2. The van der Waals surface area contributed by atoms with Gasteiger partial charge < -0.3 is 4.90 Å². The highest BCUT2D eigenvalue weighted by Gasteiger charge is 2.34. The normalized spacial score (nSPS) is 13.9. The van der Waals surface area contributed by atoms with Crippen molar-refractivity contribution in [2.45, 2.75) is 0 Å². The molecule has 0 saturated heterocycles. The van der Waals surface area contributed by atoms with Crippen LogP contribution in [0, 0.1) is 4.91 Å². The van der Waals surface area contributed by atoms with Gasteiger partial charge in [0.2, 0.25) is 0 Å². The van der Waals surface area contributed by atoms with Gasteiger partial charge in [-0.25, -0.2) is 0 Å². The minimum Gasteiger partial charge on any atom is -0.308 e. The van der Waals surface area contributed by atoms with Crippen molar-refractivity contribution < 1.29 is 9.59 Å². The van der Waals surface area contributed by atoms with Crippen LogP contribution in [0.1, 0.15) is 20.7 Å². The van der Waals surface area contributed by atoms with Crippen molar-refractivity contribution in [1.29, 1.82) is 0 Å². The summed E-state index contributed by atoms with van der Waals surface area (Å²) in [6.07, 6.45) is 0. The third-order valence-electron chi connectivity index (χ3n) is 4.80. The zero-order valence-electron chi connectivity index (χ0n) is 14.5. The molecule has 0 spiro atoms. The molecule has 1 aliphatic rings. The molecule has 26 heavy (non-hydrogen) atoms. The number of hydrogen-bond acceptors (Lipinski definition) is 5. The van der Waals surface area contributed by atoms with E-state index in [1.54, 1.807) is 30.3 Å². The average molecular weight is 347 g/mol. The summed E-state index contributed by atoms with van der Waals surface area (Å²) in [5, 5.41) is 5.77. The molecule has 6 nitrogen and oxygen atoms in total. The van der Waals surface area contributed by atoms with Crippen molar-refractivity contribution in [3.8, 4) is 0 Å². The molecular formula is C20H17N3O3. The Balaban J connectivity index is 2.05. The second-order valence-corrected chi connectivity index (χ2v) is 6.68. The van der Waals surface area contributed by atoms with Crippen LogP contribution < -0.4 is 0 Å². The maximum Gasteiger partial charge on any atom is 0.262 e. The summed E-state index contributed by atoms with van der Waals surface area (Å²) >= 11 is 0. The standard InChI is InChI=1S/C20H17N3O3/c1-22(2)9-10-23-19(24)14-7-3-5-12-11-15-13(6-4-8-16(15)21-26)18(17(12)14)20(23)25/h3-8,11H,9-10H2,1-2H3. The molecule has 130 valence electrons. The summed E-state index contributed by atoms with van der Waals surface area (Å²) in [6, 6.07) is 12.3. The first kappa shape index (κ1) is 16.4. The number of amides is 2. The van der Waals surface area contributed by atoms with Gasteiger partial charge in [-0.15, -0.1) is 4.91 Å². The highest BCUT2D eigenvalue weighted by Crippen LogP contribution is 2.38. The molecule has 2 amide bonds. The van der Waals surface area contributed by atoms with Crippen LogP contribution in [0.15, 0.2) is 47.6 Å². The number of nitrogens with zero attached hydrogens (tertiary/aromatic N) is 3. The molecule has 6 heteroatoms. The fraction of sp³-hybridized carbons (Fsp3) is 0.200. The zero-order valence-corrected chi connectivity index (χ0v) is 14.5. The molecule has 4 rings (SSSR count). The molecule has 0 N–H and O–H groups in total. The number of carbonyl (C=O) groups excluding carboxylic acids is 2. The van der Waals surface area contributed by atoms with Gasteiger partial charge in [0, 0.05) is 29.4 Å². The minimum absolute atomic E-state index is 0.279. The molecular weight excluding hydrogens is 330 g/mol. The van der Waals surface area contributed by atoms with Gasteiger partial charge in [-0.1, -0.05) is 24.3 Å². The molecule has 0 radical (unpaired) electrons. The predicted octanol–water partition coefficient (Wildman–Crippen LogP) is 3.55. The Morgan fingerprint density at radius 2 is 1.77 bits per heavy atom. The van der Waals surface area contributed by atoms with Crippen molar-refractivity contribution in [3.63, 3.8) is 0 Å². The molecule has 1 heterocycles. The van der Waals surface area contributed by atoms with Crippen molar-refractivity contribution in [1.82, 2.24) is 9.80 Å². The summed E-state index contributed by atoms with van der Waals surface area (Å²) in [5.74, 6) is -0.604. The summed E-state index contributed by atoms with van der Waals surface area (Å²) in [7, 11) is 3.79. The number of imide groups is 1. The molecule has 0 aromatic heterocycles. The second-order valence-electron chi connectivity index (χ2n) is 6.68. The third-order valence-corrected chi connectivity index (χ3v) is 4.80. The number of hydrogen-bond donors (Lipinski definition) is 0. The van der Waals surface area contributed by atoms with E-state index in [0.717, 1.165) is 5.39 Å². The van der Waals surface area contributed by atoms with E-state index in [1.807, 2.05) is 31.1 Å². The fourth-order valence-corrected chi connectivity index (χ4v) is 3.54. The van der Waals surface area contributed by atoms with Crippen LogP contribution in [0.2, 0.25) is 0 Å². The van der Waals surface area contributed by atoms with E-state index < -0.39 is 0 Å². The van der Waals surface area contributed by atoms with Crippen molar-refractivity contribution in [2.24, 2.45) is 5.18 Å². The smallest absolute Gasteiger partial charge is 0.262 e. The Bertz CT molecular complexity index is 1090. The van der Waals surface area contributed by atoms with E-state index >= 15 is 0 Å². The van der Waals surface area contributed by atoms with Crippen LogP contribution >= 0.6 is 0 Å². The monoisotopic (exact) mass is 347 g/mol. The lowest BCUT2D eigenvalue weighted by molar-refractivity contribution is 0.0602. The number of nitroso groups, excluding NO2 is 1. The van der Waals surface area contributed by atoms with Crippen LogP contribution in [0.5, 0.6) is 0 Å². The quantitative estimate of drug-likeness (QED) is 0.411. The Morgan fingerprint density at radius 1 is 1.00 bits per heavy atom. The average Bonchev–Trinajstić information content (AvgIpc) is 2.63. The first-order valence-electron chi connectivity index (χ1n) is 8.35.